The van der Waals surface area contributed by atoms with E-state index in [-0.39, 0.29) is 6.15 Å². The van der Waals surface area contributed by atoms with Gasteiger partial charge in [-0.15, -0.1) is 0 Å². The number of rotatable bonds is 8. The minimum atomic E-state index is -7.77. The van der Waals surface area contributed by atoms with Gasteiger partial charge in [-0.3, -0.25) is 4.55 Å². The first-order valence-corrected chi connectivity index (χ1v) is 6.85. The number of hydrogen-bond donors (Lipinski definition) is 2. The molecule has 0 radical (unpaired) electrons. The van der Waals surface area contributed by atoms with Crippen molar-refractivity contribution in [1.82, 2.24) is 6.15 Å². The fourth-order valence-corrected chi connectivity index (χ4v) is 1.77. The zero-order valence-electron chi connectivity index (χ0n) is 11.6. The fourth-order valence-electron chi connectivity index (χ4n) is 1.25. The van der Waals surface area contributed by atoms with E-state index >= 15 is 0 Å². The number of hydrogen-bond acceptors (Lipinski definition) is 3. The second kappa shape index (κ2) is 7.53. The zero-order chi connectivity index (χ0) is 20.8. The second-order valence-electron chi connectivity index (χ2n) is 4.41. The van der Waals surface area contributed by atoms with Crippen LogP contribution in [0.3, 0.4) is 0 Å². The third-order valence-corrected chi connectivity index (χ3v) is 3.46. The fraction of sp³-hybridized carbons (Fsp3) is 1.00. The molecule has 0 bridgehead atoms. The lowest BCUT2D eigenvalue weighted by molar-refractivity contribution is -0.382. The average Bonchev–Trinajstić information content (AvgIpc) is 2.42. The molecule has 0 aliphatic carbocycles. The molecule has 0 aromatic heterocycles. The van der Waals surface area contributed by atoms with Crippen LogP contribution in [0.15, 0.2) is 0 Å². The molecule has 0 aromatic rings. The van der Waals surface area contributed by atoms with Gasteiger partial charge in [0.2, 0.25) is 6.17 Å². The average molecular weight is 445 g/mol. The lowest BCUT2D eigenvalue weighted by Crippen LogP contribution is -2.68. The number of alkyl halides is 13. The second-order valence-corrected chi connectivity index (χ2v) is 5.85. The molecule has 0 aromatic carbocycles. The largest absolute Gasteiger partial charge is 0.382 e. The highest BCUT2D eigenvalue weighted by atomic mass is 32.2. The Hall–Kier alpha value is -1.04. The summed E-state index contributed by atoms with van der Waals surface area (Å²) in [5.74, 6) is -30.1. The van der Waals surface area contributed by atoms with Crippen LogP contribution in [-0.2, 0) is 10.1 Å². The van der Waals surface area contributed by atoms with Crippen molar-refractivity contribution in [3.8, 4) is 0 Å². The maximum absolute atomic E-state index is 13.0. The van der Waals surface area contributed by atoms with Gasteiger partial charge >= 0.3 is 33.8 Å². The monoisotopic (exact) mass is 445 g/mol. The van der Waals surface area contributed by atoms with E-state index in [1.165, 1.54) is 0 Å². The van der Waals surface area contributed by atoms with Crippen LogP contribution in [0.2, 0.25) is 0 Å². The highest BCUT2D eigenvalue weighted by Crippen LogP contribution is 2.56. The van der Waals surface area contributed by atoms with Gasteiger partial charge in [0.05, 0.1) is 0 Å². The molecule has 3 unspecified atom stereocenters. The van der Waals surface area contributed by atoms with Crippen molar-refractivity contribution in [2.75, 3.05) is 0 Å². The molecule has 4 nitrogen and oxygen atoms in total. The quantitative estimate of drug-likeness (QED) is 0.439. The van der Waals surface area contributed by atoms with Crippen LogP contribution in [0.5, 0.6) is 0 Å². The van der Waals surface area contributed by atoms with Crippen molar-refractivity contribution in [3.05, 3.63) is 0 Å². The molecule has 0 saturated carbocycles. The minimum Gasteiger partial charge on any atom is -0.344 e. The van der Waals surface area contributed by atoms with Crippen LogP contribution in [0.1, 0.15) is 0 Å². The van der Waals surface area contributed by atoms with Crippen LogP contribution in [-0.4, -0.2) is 60.9 Å². The molecule has 0 rings (SSSR count). The van der Waals surface area contributed by atoms with Crippen molar-refractivity contribution in [3.63, 3.8) is 0 Å². The Kier molecular flexibility index (Phi) is 7.87. The third-order valence-electron chi connectivity index (χ3n) is 2.64. The van der Waals surface area contributed by atoms with E-state index in [1.807, 2.05) is 0 Å². The summed E-state index contributed by atoms with van der Waals surface area (Å²) < 4.78 is 193. The van der Waals surface area contributed by atoms with Crippen molar-refractivity contribution in [2.45, 2.75) is 48.0 Å². The van der Waals surface area contributed by atoms with Gasteiger partial charge in [0.25, 0.3) is 11.9 Å². The first-order chi connectivity index (χ1) is 10.7. The minimum absolute atomic E-state index is 0. The van der Waals surface area contributed by atoms with Crippen molar-refractivity contribution in [1.29, 1.82) is 0 Å². The van der Waals surface area contributed by atoms with Gasteiger partial charge in [-0.2, -0.15) is 43.5 Å². The van der Waals surface area contributed by atoms with E-state index < -0.39 is 58.1 Å². The van der Waals surface area contributed by atoms with Crippen molar-refractivity contribution >= 4 is 10.1 Å². The molecule has 0 amide bonds. The summed E-state index contributed by atoms with van der Waals surface area (Å²) in [5.41, 5.74) is -5.59. The van der Waals surface area contributed by atoms with Gasteiger partial charge in [0.15, 0.2) is 6.17 Å². The maximum Gasteiger partial charge on any atom is 0.382 e. The van der Waals surface area contributed by atoms with E-state index in [4.69, 9.17) is 4.55 Å². The molecule has 4 N–H and O–H groups in total. The van der Waals surface area contributed by atoms with Crippen LogP contribution in [0.25, 0.3) is 0 Å². The van der Waals surface area contributed by atoms with Gasteiger partial charge < -0.3 is 6.15 Å². The molecule has 0 fully saturated rings. The molecule has 18 heteroatoms. The Bertz CT molecular complexity index is 580. The highest BCUT2D eigenvalue weighted by molar-refractivity contribution is 7.86. The standard InChI is InChI=1S/C8H5F13O3S.H3N/c9-1(3(11)12)2(10)5(14,15)7(18,19)8(20,21)6(16,17)4(13)25(22,23)24;/h1-4H,(H,22,23,24);1H3. The Labute approximate surface area is 135 Å². The maximum atomic E-state index is 13.0. The molecule has 0 spiro atoms. The summed E-state index contributed by atoms with van der Waals surface area (Å²) in [6.45, 7) is 0. The molecule has 26 heavy (non-hydrogen) atoms. The molecule has 0 saturated heterocycles. The third kappa shape index (κ3) is 4.10. The lowest BCUT2D eigenvalue weighted by Gasteiger charge is -2.38. The summed E-state index contributed by atoms with van der Waals surface area (Å²) >= 11 is 0. The van der Waals surface area contributed by atoms with Crippen molar-refractivity contribution < 1.29 is 70.0 Å². The predicted molar refractivity (Wildman–Crippen MR) is 57.1 cm³/mol. The van der Waals surface area contributed by atoms with E-state index in [2.05, 4.69) is 0 Å². The molecular formula is C8H8F13NO3S. The topological polar surface area (TPSA) is 89.4 Å². The van der Waals surface area contributed by atoms with E-state index in [0.29, 0.717) is 0 Å². The van der Waals surface area contributed by atoms with Crippen LogP contribution in [0.4, 0.5) is 57.1 Å². The van der Waals surface area contributed by atoms with E-state index in [9.17, 15) is 65.5 Å². The molecule has 0 aliphatic heterocycles. The van der Waals surface area contributed by atoms with Gasteiger partial charge in [0.1, 0.15) is 0 Å². The summed E-state index contributed by atoms with van der Waals surface area (Å²) in [5, 5.41) is 0. The summed E-state index contributed by atoms with van der Waals surface area (Å²) in [7, 11) is -6.86. The highest BCUT2D eigenvalue weighted by Gasteiger charge is 2.85. The molecule has 0 heterocycles. The Morgan fingerprint density at radius 1 is 0.692 bits per heavy atom. The Balaban J connectivity index is 0. The lowest BCUT2D eigenvalue weighted by atomic mass is 9.94. The molecule has 160 valence electrons. The molecular weight excluding hydrogens is 437 g/mol. The van der Waals surface area contributed by atoms with Gasteiger partial charge in [-0.25, -0.2) is 22.0 Å². The summed E-state index contributed by atoms with van der Waals surface area (Å²) in [4.78, 5) is 0. The Morgan fingerprint density at radius 3 is 1.27 bits per heavy atom. The zero-order valence-corrected chi connectivity index (χ0v) is 12.4. The SMILES string of the molecule is N.O=S(=O)(O)C(F)C(F)(F)C(F)(F)C(F)(F)C(F)(F)C(F)C(F)C(F)F. The van der Waals surface area contributed by atoms with Gasteiger partial charge in [-0.05, 0) is 0 Å². The van der Waals surface area contributed by atoms with Crippen LogP contribution < -0.4 is 6.15 Å². The summed E-state index contributed by atoms with van der Waals surface area (Å²) in [6.07, 6.45) is -15.1. The summed E-state index contributed by atoms with van der Waals surface area (Å²) in [6, 6.07) is 0. The smallest absolute Gasteiger partial charge is 0.344 e. The van der Waals surface area contributed by atoms with Gasteiger partial charge in [-0.1, -0.05) is 0 Å². The normalized spacial score (nSPS) is 18.3. The van der Waals surface area contributed by atoms with Crippen LogP contribution >= 0.6 is 0 Å². The van der Waals surface area contributed by atoms with Crippen LogP contribution in [0, 0.1) is 0 Å². The first kappa shape index (κ1) is 27.2. The molecule has 3 atom stereocenters. The van der Waals surface area contributed by atoms with Gasteiger partial charge in [0, 0.05) is 0 Å². The molecule has 0 aliphatic rings. The van der Waals surface area contributed by atoms with Crippen molar-refractivity contribution in [2.24, 2.45) is 0 Å². The van der Waals surface area contributed by atoms with E-state index in [1.54, 1.807) is 0 Å². The first-order valence-electron chi connectivity index (χ1n) is 5.35. The predicted octanol–water partition coefficient (Wildman–Crippen LogP) is 3.81. The van der Waals surface area contributed by atoms with E-state index in [0.717, 1.165) is 0 Å². The number of halogens is 13. The Morgan fingerprint density at radius 2 is 1.00 bits per heavy atom.